The Balaban J connectivity index is 2.07. The van der Waals surface area contributed by atoms with Gasteiger partial charge in [0.1, 0.15) is 18.3 Å². The van der Waals surface area contributed by atoms with Crippen LogP contribution < -0.4 is 0 Å². The molecule has 0 aliphatic carbocycles. The highest BCUT2D eigenvalue weighted by atomic mass is 127. The summed E-state index contributed by atoms with van der Waals surface area (Å²) in [4.78, 5) is 0. The number of hydrogen-bond donors (Lipinski definition) is 0. The summed E-state index contributed by atoms with van der Waals surface area (Å²) in [6.07, 6.45) is -12.2. The van der Waals surface area contributed by atoms with Crippen molar-refractivity contribution in [1.29, 1.82) is 0 Å². The molecule has 5 nitrogen and oxygen atoms in total. The number of halogens is 14. The van der Waals surface area contributed by atoms with Crippen LogP contribution in [0.2, 0.25) is 0 Å². The van der Waals surface area contributed by atoms with Gasteiger partial charge in [-0.2, -0.15) is 57.1 Å². The summed E-state index contributed by atoms with van der Waals surface area (Å²) >= 11 is 1.01. The quantitative estimate of drug-likeness (QED) is 0.137. The summed E-state index contributed by atoms with van der Waals surface area (Å²) < 4.78 is 198. The second-order valence-electron chi connectivity index (χ2n) is 9.84. The Bertz CT molecular complexity index is 865. The Morgan fingerprint density at radius 1 is 0.744 bits per heavy atom. The van der Waals surface area contributed by atoms with Gasteiger partial charge in [-0.3, -0.25) is 0 Å². The van der Waals surface area contributed by atoms with Gasteiger partial charge < -0.3 is 23.7 Å². The van der Waals surface area contributed by atoms with Gasteiger partial charge >= 0.3 is 35.8 Å². The molecule has 1 unspecified atom stereocenters. The Hall–Kier alpha value is -0.380. The second-order valence-corrected chi connectivity index (χ2v) is 11.6. The van der Waals surface area contributed by atoms with Gasteiger partial charge in [0.05, 0.1) is 19.8 Å². The van der Waals surface area contributed by atoms with Crippen molar-refractivity contribution in [2.45, 2.75) is 104 Å². The molecule has 2 fully saturated rings. The molecule has 2 aliphatic rings. The average molecular weight is 718 g/mol. The van der Waals surface area contributed by atoms with E-state index in [0.29, 0.717) is 0 Å². The van der Waals surface area contributed by atoms with E-state index >= 15 is 0 Å². The monoisotopic (exact) mass is 718 g/mol. The number of alkyl halides is 14. The molecular formula is C20H24F13IO5. The standard InChI is InChI=1S/C20H24F13IO5/c1-13(2)36-8-11(37-13)12-10(38-14(3,4)39-12)7-35-6-9(34)5-15(21,22)16(23,24)17(25,26)18(27,28)19(29,30)20(31,32)33/h9-12H,5-8H2,1-4H3/t9?,10-,11+,12+/m0/s1. The summed E-state index contributed by atoms with van der Waals surface area (Å²) in [6, 6.07) is 0. The number of hydrogen-bond acceptors (Lipinski definition) is 5. The van der Waals surface area contributed by atoms with E-state index in [1.54, 1.807) is 13.8 Å². The van der Waals surface area contributed by atoms with Crippen LogP contribution in [0.5, 0.6) is 0 Å². The molecule has 2 aliphatic heterocycles. The number of ether oxygens (including phenoxy) is 5. The minimum Gasteiger partial charge on any atom is -0.378 e. The zero-order chi connectivity index (χ0) is 30.7. The highest BCUT2D eigenvalue weighted by Crippen LogP contribution is 2.61. The van der Waals surface area contributed by atoms with Gasteiger partial charge in [0, 0.05) is 10.3 Å². The van der Waals surface area contributed by atoms with Crippen molar-refractivity contribution in [1.82, 2.24) is 0 Å². The van der Waals surface area contributed by atoms with E-state index in [0.717, 1.165) is 22.6 Å². The summed E-state index contributed by atoms with van der Waals surface area (Å²) in [5.41, 5.74) is 0. The maximum Gasteiger partial charge on any atom is 0.460 e. The molecule has 0 aromatic heterocycles. The Morgan fingerprint density at radius 3 is 1.72 bits per heavy atom. The Labute approximate surface area is 227 Å². The molecule has 2 heterocycles. The van der Waals surface area contributed by atoms with Crippen molar-refractivity contribution in [3.8, 4) is 0 Å². The first-order valence-corrected chi connectivity index (χ1v) is 12.2. The van der Waals surface area contributed by atoms with Gasteiger partial charge in [0.2, 0.25) is 0 Å². The van der Waals surface area contributed by atoms with Gasteiger partial charge in [0.25, 0.3) is 0 Å². The molecule has 232 valence electrons. The first kappa shape index (κ1) is 34.8. The SMILES string of the molecule is CC1(C)O[C@@H]([C@H]2COC(C)(C)O2)[C@H](COCC(I)CC(F)(F)C(F)(F)C(F)(F)C(F)(F)C(F)(F)C(F)(F)F)O1. The van der Waals surface area contributed by atoms with Crippen LogP contribution in [0.1, 0.15) is 34.1 Å². The van der Waals surface area contributed by atoms with Crippen LogP contribution in [-0.4, -0.2) is 89.4 Å². The van der Waals surface area contributed by atoms with Crippen molar-refractivity contribution < 1.29 is 80.8 Å². The van der Waals surface area contributed by atoms with E-state index in [4.69, 9.17) is 23.7 Å². The van der Waals surface area contributed by atoms with Crippen LogP contribution in [-0.2, 0) is 23.7 Å². The fraction of sp³-hybridized carbons (Fsp3) is 1.00. The first-order chi connectivity index (χ1) is 17.1. The maximum atomic E-state index is 14.1. The third kappa shape index (κ3) is 6.67. The molecule has 0 amide bonds. The largest absolute Gasteiger partial charge is 0.460 e. The first-order valence-electron chi connectivity index (χ1n) is 11.0. The lowest BCUT2D eigenvalue weighted by atomic mass is 9.92. The van der Waals surface area contributed by atoms with Crippen molar-refractivity contribution in [2.24, 2.45) is 0 Å². The van der Waals surface area contributed by atoms with Crippen LogP contribution in [0.4, 0.5) is 57.1 Å². The third-order valence-corrected chi connectivity index (χ3v) is 6.48. The van der Waals surface area contributed by atoms with Crippen LogP contribution in [0.3, 0.4) is 0 Å². The minimum absolute atomic E-state index is 0.0655. The van der Waals surface area contributed by atoms with Gasteiger partial charge in [-0.15, -0.1) is 0 Å². The summed E-state index contributed by atoms with van der Waals surface area (Å²) in [7, 11) is 0. The summed E-state index contributed by atoms with van der Waals surface area (Å²) in [6.45, 7) is 4.98. The van der Waals surface area contributed by atoms with Gasteiger partial charge in [-0.1, -0.05) is 22.6 Å². The minimum atomic E-state index is -7.93. The average Bonchev–Trinajstić information content (AvgIpc) is 3.23. The van der Waals surface area contributed by atoms with E-state index in [1.165, 1.54) is 13.8 Å². The van der Waals surface area contributed by atoms with Crippen molar-refractivity contribution in [2.75, 3.05) is 19.8 Å². The highest BCUT2D eigenvalue weighted by Gasteiger charge is 2.90. The van der Waals surface area contributed by atoms with E-state index < -0.39 is 89.2 Å². The van der Waals surface area contributed by atoms with Crippen LogP contribution >= 0.6 is 22.6 Å². The highest BCUT2D eigenvalue weighted by molar-refractivity contribution is 14.1. The molecule has 2 saturated heterocycles. The molecule has 0 spiro atoms. The fourth-order valence-electron chi connectivity index (χ4n) is 3.76. The lowest BCUT2D eigenvalue weighted by Gasteiger charge is -2.40. The van der Waals surface area contributed by atoms with Gasteiger partial charge in [-0.05, 0) is 27.7 Å². The Morgan fingerprint density at radius 2 is 1.26 bits per heavy atom. The van der Waals surface area contributed by atoms with E-state index in [1.807, 2.05) is 0 Å². The van der Waals surface area contributed by atoms with E-state index in [9.17, 15) is 57.1 Å². The van der Waals surface area contributed by atoms with Crippen molar-refractivity contribution in [3.05, 3.63) is 0 Å². The molecular weight excluding hydrogens is 694 g/mol. The molecule has 19 heteroatoms. The zero-order valence-corrected chi connectivity index (χ0v) is 22.6. The third-order valence-electron chi connectivity index (χ3n) is 5.68. The lowest BCUT2D eigenvalue weighted by molar-refractivity contribution is -0.440. The normalized spacial score (nSPS) is 27.7. The summed E-state index contributed by atoms with van der Waals surface area (Å²) in [5.74, 6) is -39.1. The molecule has 0 N–H and O–H groups in total. The van der Waals surface area contributed by atoms with Crippen molar-refractivity contribution in [3.63, 3.8) is 0 Å². The molecule has 0 saturated carbocycles. The number of rotatable bonds is 11. The molecule has 2 rings (SSSR count). The van der Waals surface area contributed by atoms with Gasteiger partial charge in [0.15, 0.2) is 11.6 Å². The van der Waals surface area contributed by atoms with Crippen LogP contribution in [0, 0.1) is 0 Å². The molecule has 0 radical (unpaired) electrons. The lowest BCUT2D eigenvalue weighted by Crippen LogP contribution is -2.70. The fourth-order valence-corrected chi connectivity index (χ4v) is 4.57. The predicted octanol–water partition coefficient (Wildman–Crippen LogP) is 6.61. The molecule has 39 heavy (non-hydrogen) atoms. The maximum absolute atomic E-state index is 14.1. The van der Waals surface area contributed by atoms with Crippen LogP contribution in [0.15, 0.2) is 0 Å². The molecule has 4 atom stereocenters. The van der Waals surface area contributed by atoms with E-state index in [2.05, 4.69) is 0 Å². The molecule has 0 bridgehead atoms. The predicted molar refractivity (Wildman–Crippen MR) is 113 cm³/mol. The molecule has 0 aromatic carbocycles. The summed E-state index contributed by atoms with van der Waals surface area (Å²) in [5, 5.41) is 0. The molecule has 0 aromatic rings. The Kier molecular flexibility index (Phi) is 9.57. The van der Waals surface area contributed by atoms with Crippen molar-refractivity contribution >= 4 is 22.6 Å². The van der Waals surface area contributed by atoms with Gasteiger partial charge in [-0.25, -0.2) is 0 Å². The topological polar surface area (TPSA) is 46.2 Å². The zero-order valence-electron chi connectivity index (χ0n) is 20.5. The van der Waals surface area contributed by atoms with E-state index in [-0.39, 0.29) is 6.61 Å². The smallest absolute Gasteiger partial charge is 0.378 e. The van der Waals surface area contributed by atoms with Crippen LogP contribution in [0.25, 0.3) is 0 Å². The second kappa shape index (κ2) is 10.7.